The van der Waals surface area contributed by atoms with Gasteiger partial charge in [0.2, 0.25) is 5.91 Å². The fourth-order valence-electron chi connectivity index (χ4n) is 2.53. The van der Waals surface area contributed by atoms with Gasteiger partial charge in [0.15, 0.2) is 0 Å². The summed E-state index contributed by atoms with van der Waals surface area (Å²) in [5, 5.41) is 9.68. The first-order valence-electron chi connectivity index (χ1n) is 8.60. The van der Waals surface area contributed by atoms with Gasteiger partial charge in [0, 0.05) is 20.8 Å². The highest BCUT2D eigenvalue weighted by Crippen LogP contribution is 2.27. The second-order valence-corrected chi connectivity index (χ2v) is 8.82. The van der Waals surface area contributed by atoms with E-state index < -0.39 is 0 Å². The third-order valence-electron chi connectivity index (χ3n) is 3.98. The molecule has 0 atom stereocenters. The van der Waals surface area contributed by atoms with Crippen molar-refractivity contribution < 1.29 is 9.59 Å². The second-order valence-electron chi connectivity index (χ2n) is 6.11. The maximum atomic E-state index is 12.6. The van der Waals surface area contributed by atoms with Crippen molar-refractivity contribution >= 4 is 56.5 Å². The average Bonchev–Trinajstić information content (AvgIpc) is 3.20. The molecule has 2 N–H and O–H groups in total. The summed E-state index contributed by atoms with van der Waals surface area (Å²) in [6.07, 6.45) is 0. The largest absolute Gasteiger partial charge is 0.343 e. The highest BCUT2D eigenvalue weighted by Gasteiger charge is 2.13. The number of carbonyl (C=O) groups is 2. The monoisotopic (exact) mass is 474 g/mol. The lowest BCUT2D eigenvalue weighted by Gasteiger charge is -2.11. The van der Waals surface area contributed by atoms with E-state index in [2.05, 4.69) is 38.0 Å². The van der Waals surface area contributed by atoms with Crippen molar-refractivity contribution in [3.63, 3.8) is 0 Å². The van der Waals surface area contributed by atoms with Gasteiger partial charge in [-0.1, -0.05) is 28.1 Å². The number of benzene rings is 2. The molecule has 0 saturated heterocycles. The molecular weight excluding hydrogens is 456 g/mol. The van der Waals surface area contributed by atoms with Crippen LogP contribution in [0.2, 0.25) is 0 Å². The van der Waals surface area contributed by atoms with Crippen molar-refractivity contribution in [3.05, 3.63) is 80.5 Å². The summed E-state index contributed by atoms with van der Waals surface area (Å²) in [6, 6.07) is 15.1. The molecule has 0 unspecified atom stereocenters. The lowest BCUT2D eigenvalue weighted by Crippen LogP contribution is -2.33. The van der Waals surface area contributed by atoms with Gasteiger partial charge in [0.05, 0.1) is 12.1 Å². The van der Waals surface area contributed by atoms with E-state index in [0.29, 0.717) is 5.56 Å². The smallest absolute Gasteiger partial charge is 0.252 e. The lowest BCUT2D eigenvalue weighted by molar-refractivity contribution is -0.115. The number of nitrogens with one attached hydrogen (secondary N) is 2. The Balaban J connectivity index is 1.57. The molecule has 7 heteroatoms. The van der Waals surface area contributed by atoms with Gasteiger partial charge in [0.25, 0.3) is 5.91 Å². The normalized spacial score (nSPS) is 10.5. The van der Waals surface area contributed by atoms with Gasteiger partial charge in [-0.15, -0.1) is 11.8 Å². The Morgan fingerprint density at radius 1 is 1.14 bits per heavy atom. The van der Waals surface area contributed by atoms with Crippen LogP contribution in [0.1, 0.15) is 21.5 Å². The lowest BCUT2D eigenvalue weighted by atomic mass is 10.2. The molecule has 0 radical (unpaired) electrons. The number of carbonyl (C=O) groups excluding carboxylic acids is 2. The Morgan fingerprint density at radius 2 is 1.96 bits per heavy atom. The first kappa shape index (κ1) is 20.6. The molecule has 3 rings (SSSR count). The van der Waals surface area contributed by atoms with E-state index in [4.69, 9.17) is 0 Å². The molecule has 0 bridgehead atoms. The van der Waals surface area contributed by atoms with Crippen LogP contribution < -0.4 is 10.6 Å². The molecule has 0 fully saturated rings. The molecule has 0 aliphatic rings. The van der Waals surface area contributed by atoms with Crippen LogP contribution in [0.5, 0.6) is 0 Å². The van der Waals surface area contributed by atoms with Crippen LogP contribution in [0.3, 0.4) is 0 Å². The van der Waals surface area contributed by atoms with Gasteiger partial charge in [-0.2, -0.15) is 11.3 Å². The van der Waals surface area contributed by atoms with E-state index in [0.717, 1.165) is 26.4 Å². The molecule has 28 heavy (non-hydrogen) atoms. The quantitative estimate of drug-likeness (QED) is 0.445. The minimum atomic E-state index is -0.262. The molecule has 4 nitrogen and oxygen atoms in total. The van der Waals surface area contributed by atoms with Crippen molar-refractivity contribution in [3.8, 4) is 0 Å². The zero-order chi connectivity index (χ0) is 19.9. The molecule has 1 aromatic heterocycles. The first-order chi connectivity index (χ1) is 13.5. The predicted octanol–water partition coefficient (Wildman–Crippen LogP) is 5.48. The van der Waals surface area contributed by atoms with Crippen LogP contribution in [-0.4, -0.2) is 18.4 Å². The highest BCUT2D eigenvalue weighted by atomic mass is 79.9. The van der Waals surface area contributed by atoms with Crippen molar-refractivity contribution in [2.45, 2.75) is 17.6 Å². The van der Waals surface area contributed by atoms with Gasteiger partial charge >= 0.3 is 0 Å². The number of aryl methyl sites for hydroxylation is 1. The third-order valence-corrected chi connectivity index (χ3v) is 6.35. The van der Waals surface area contributed by atoms with E-state index in [1.165, 1.54) is 5.56 Å². The van der Waals surface area contributed by atoms with Crippen molar-refractivity contribution in [2.24, 2.45) is 0 Å². The fraction of sp³-hybridized carbons (Fsp3) is 0.143. The summed E-state index contributed by atoms with van der Waals surface area (Å²) in [6.45, 7) is 1.83. The molecule has 3 aromatic rings. The average molecular weight is 475 g/mol. The Morgan fingerprint density at radius 3 is 2.71 bits per heavy atom. The van der Waals surface area contributed by atoms with Gasteiger partial charge in [-0.05, 0) is 65.2 Å². The van der Waals surface area contributed by atoms with Crippen molar-refractivity contribution in [1.29, 1.82) is 0 Å². The summed E-state index contributed by atoms with van der Waals surface area (Å²) >= 11 is 6.67. The van der Waals surface area contributed by atoms with E-state index in [9.17, 15) is 9.59 Å². The predicted molar refractivity (Wildman–Crippen MR) is 120 cm³/mol. The number of anilines is 1. The molecule has 144 valence electrons. The molecule has 0 aliphatic carbocycles. The minimum Gasteiger partial charge on any atom is -0.343 e. The van der Waals surface area contributed by atoms with Crippen LogP contribution in [-0.2, 0) is 10.5 Å². The number of thiophene rings is 1. The molecule has 2 aromatic carbocycles. The highest BCUT2D eigenvalue weighted by molar-refractivity contribution is 9.10. The van der Waals surface area contributed by atoms with E-state index in [1.807, 2.05) is 48.7 Å². The fourth-order valence-corrected chi connectivity index (χ4v) is 4.78. The molecular formula is C21H19BrN2O2S2. The first-order valence-corrected chi connectivity index (χ1v) is 11.3. The zero-order valence-corrected chi connectivity index (χ0v) is 18.4. The Hall–Kier alpha value is -2.09. The van der Waals surface area contributed by atoms with E-state index in [-0.39, 0.29) is 18.4 Å². The van der Waals surface area contributed by atoms with Crippen molar-refractivity contribution in [1.82, 2.24) is 5.32 Å². The topological polar surface area (TPSA) is 58.2 Å². The van der Waals surface area contributed by atoms with Crippen LogP contribution in [0.25, 0.3) is 0 Å². The Labute approximate surface area is 180 Å². The van der Waals surface area contributed by atoms with Gasteiger partial charge in [0.1, 0.15) is 0 Å². The van der Waals surface area contributed by atoms with Crippen LogP contribution in [0, 0.1) is 6.92 Å². The van der Waals surface area contributed by atoms with Gasteiger partial charge in [-0.25, -0.2) is 0 Å². The maximum Gasteiger partial charge on any atom is 0.252 e. The molecule has 2 amide bonds. The maximum absolute atomic E-state index is 12.6. The number of amides is 2. The van der Waals surface area contributed by atoms with Crippen LogP contribution >= 0.6 is 39.0 Å². The molecule has 1 heterocycles. The third kappa shape index (κ3) is 5.70. The summed E-state index contributed by atoms with van der Waals surface area (Å²) in [5.74, 6) is 0.287. The number of hydrogen-bond acceptors (Lipinski definition) is 4. The SMILES string of the molecule is Cc1cc(Br)ccc1NC(=O)CNC(=O)c1ccccc1SCc1ccsc1. The van der Waals surface area contributed by atoms with Gasteiger partial charge in [-0.3, -0.25) is 9.59 Å². The Kier molecular flexibility index (Phi) is 7.30. The molecule has 0 spiro atoms. The van der Waals surface area contributed by atoms with Gasteiger partial charge < -0.3 is 10.6 Å². The molecule has 0 aliphatic heterocycles. The standard InChI is InChI=1S/C21H19BrN2O2S2/c1-14-10-16(22)6-7-18(14)24-20(25)11-23-21(26)17-4-2-3-5-19(17)28-13-15-8-9-27-12-15/h2-10,12H,11,13H2,1H3,(H,23,26)(H,24,25). The Bertz CT molecular complexity index is 974. The molecule has 0 saturated carbocycles. The minimum absolute atomic E-state index is 0.0854. The summed E-state index contributed by atoms with van der Waals surface area (Å²) in [5.41, 5.74) is 3.49. The van der Waals surface area contributed by atoms with Crippen LogP contribution in [0.4, 0.5) is 5.69 Å². The number of halogens is 1. The number of rotatable bonds is 7. The van der Waals surface area contributed by atoms with E-state index in [1.54, 1.807) is 29.2 Å². The second kappa shape index (κ2) is 9.91. The summed E-state index contributed by atoms with van der Waals surface area (Å²) in [4.78, 5) is 25.7. The van der Waals surface area contributed by atoms with Crippen molar-refractivity contribution in [2.75, 3.05) is 11.9 Å². The number of hydrogen-bond donors (Lipinski definition) is 2. The van der Waals surface area contributed by atoms with E-state index >= 15 is 0 Å². The van der Waals surface area contributed by atoms with Crippen LogP contribution in [0.15, 0.2) is 68.7 Å². The zero-order valence-electron chi connectivity index (χ0n) is 15.2. The number of thioether (sulfide) groups is 1. The summed E-state index contributed by atoms with van der Waals surface area (Å²) in [7, 11) is 0. The summed E-state index contributed by atoms with van der Waals surface area (Å²) < 4.78 is 0.952.